The van der Waals surface area contributed by atoms with Crippen LogP contribution in [0.5, 0.6) is 0 Å². The van der Waals surface area contributed by atoms with Crippen molar-refractivity contribution < 1.29 is 9.18 Å². The van der Waals surface area contributed by atoms with Crippen molar-refractivity contribution in [2.75, 3.05) is 16.8 Å². The molecule has 0 aliphatic heterocycles. The average molecular weight is 343 g/mol. The smallest absolute Gasteiger partial charge is 0.236 e. The fourth-order valence-corrected chi connectivity index (χ4v) is 3.53. The van der Waals surface area contributed by atoms with Crippen LogP contribution >= 0.6 is 35.1 Å². The van der Waals surface area contributed by atoms with Crippen LogP contribution in [0.4, 0.5) is 9.52 Å². The van der Waals surface area contributed by atoms with Gasteiger partial charge >= 0.3 is 0 Å². The molecule has 4 nitrogen and oxygen atoms in total. The van der Waals surface area contributed by atoms with E-state index in [1.807, 2.05) is 0 Å². The molecule has 0 atom stereocenters. The van der Waals surface area contributed by atoms with Gasteiger partial charge in [0.1, 0.15) is 5.82 Å². The molecular formula is C13H14FN3OS3. The first-order chi connectivity index (χ1) is 10.2. The van der Waals surface area contributed by atoms with Gasteiger partial charge in [0.2, 0.25) is 16.2 Å². The Morgan fingerprint density at radius 1 is 1.38 bits per heavy atom. The quantitative estimate of drug-likeness (QED) is 0.773. The minimum Gasteiger partial charge on any atom is -0.300 e. The number of hydrogen-bond acceptors (Lipinski definition) is 6. The van der Waals surface area contributed by atoms with E-state index < -0.39 is 0 Å². The van der Waals surface area contributed by atoms with Gasteiger partial charge in [-0.15, -0.1) is 11.8 Å². The third kappa shape index (κ3) is 5.29. The number of amides is 1. The topological polar surface area (TPSA) is 54.9 Å². The second kappa shape index (κ2) is 8.35. The number of halogens is 1. The summed E-state index contributed by atoms with van der Waals surface area (Å²) < 4.78 is 17.6. The van der Waals surface area contributed by atoms with Crippen LogP contribution in [0.1, 0.15) is 13.3 Å². The highest BCUT2D eigenvalue weighted by Gasteiger charge is 2.10. The van der Waals surface area contributed by atoms with Crippen LogP contribution in [-0.4, -0.2) is 26.8 Å². The molecule has 1 aromatic carbocycles. The molecule has 1 N–H and O–H groups in total. The third-order valence-electron chi connectivity index (χ3n) is 2.28. The summed E-state index contributed by atoms with van der Waals surface area (Å²) in [5.41, 5.74) is 0. The first kappa shape index (κ1) is 16.3. The molecule has 0 bridgehead atoms. The number of rotatable bonds is 7. The van der Waals surface area contributed by atoms with Gasteiger partial charge in [-0.05, 0) is 18.6 Å². The van der Waals surface area contributed by atoms with Crippen LogP contribution in [0.15, 0.2) is 34.3 Å². The number of nitrogens with one attached hydrogen (secondary N) is 1. The molecule has 21 heavy (non-hydrogen) atoms. The maximum atomic E-state index is 13.4. The van der Waals surface area contributed by atoms with E-state index in [-0.39, 0.29) is 17.5 Å². The molecule has 0 saturated heterocycles. The van der Waals surface area contributed by atoms with Gasteiger partial charge in [-0.2, -0.15) is 9.36 Å². The zero-order valence-corrected chi connectivity index (χ0v) is 13.8. The first-order valence-corrected chi connectivity index (χ1v) is 9.07. The molecule has 1 aromatic heterocycles. The standard InChI is InChI=1S/C13H14FN3OS3/c1-2-7-19-13-16-12(21-17-13)15-11(18)8-20-10-6-4-3-5-9(10)14/h3-6H,2,7-8H2,1H3,(H,15,16,17,18). The number of aromatic nitrogens is 2. The number of thioether (sulfide) groups is 2. The van der Waals surface area contributed by atoms with Crippen molar-refractivity contribution in [2.45, 2.75) is 23.4 Å². The number of carbonyl (C=O) groups excluding carboxylic acids is 1. The predicted octanol–water partition coefficient (Wildman–Crippen LogP) is 3.91. The highest BCUT2D eigenvalue weighted by atomic mass is 32.2. The fourth-order valence-electron chi connectivity index (χ4n) is 1.37. The van der Waals surface area contributed by atoms with Crippen LogP contribution in [0.25, 0.3) is 0 Å². The largest absolute Gasteiger partial charge is 0.300 e. The van der Waals surface area contributed by atoms with Crippen molar-refractivity contribution in [1.29, 1.82) is 0 Å². The number of anilines is 1. The lowest BCUT2D eigenvalue weighted by atomic mass is 10.3. The minimum absolute atomic E-state index is 0.137. The van der Waals surface area contributed by atoms with Crippen molar-refractivity contribution in [2.24, 2.45) is 0 Å². The van der Waals surface area contributed by atoms with Crippen molar-refractivity contribution in [3.63, 3.8) is 0 Å². The molecule has 1 heterocycles. The number of benzene rings is 1. The Hall–Kier alpha value is -1.12. The van der Waals surface area contributed by atoms with E-state index in [9.17, 15) is 9.18 Å². The molecule has 0 radical (unpaired) electrons. The molecule has 1 amide bonds. The molecule has 2 rings (SSSR count). The molecule has 0 unspecified atom stereocenters. The average Bonchev–Trinajstić information content (AvgIpc) is 2.91. The van der Waals surface area contributed by atoms with E-state index in [4.69, 9.17) is 0 Å². The molecular weight excluding hydrogens is 329 g/mol. The van der Waals surface area contributed by atoms with Gasteiger partial charge in [-0.3, -0.25) is 10.1 Å². The van der Waals surface area contributed by atoms with Gasteiger partial charge in [0.25, 0.3) is 0 Å². The highest BCUT2D eigenvalue weighted by molar-refractivity contribution is 8.00. The van der Waals surface area contributed by atoms with Crippen molar-refractivity contribution in [1.82, 2.24) is 9.36 Å². The summed E-state index contributed by atoms with van der Waals surface area (Å²) in [6.45, 7) is 2.09. The Balaban J connectivity index is 1.82. The molecule has 0 fully saturated rings. The van der Waals surface area contributed by atoms with Crippen molar-refractivity contribution >= 4 is 46.1 Å². The summed E-state index contributed by atoms with van der Waals surface area (Å²) in [6, 6.07) is 6.39. The second-order valence-electron chi connectivity index (χ2n) is 4.00. The van der Waals surface area contributed by atoms with E-state index >= 15 is 0 Å². The summed E-state index contributed by atoms with van der Waals surface area (Å²) in [7, 11) is 0. The van der Waals surface area contributed by atoms with Gasteiger partial charge in [0.05, 0.1) is 5.75 Å². The summed E-state index contributed by atoms with van der Waals surface area (Å²) in [5, 5.41) is 3.84. The molecule has 0 aliphatic rings. The maximum absolute atomic E-state index is 13.4. The maximum Gasteiger partial charge on any atom is 0.236 e. The first-order valence-electron chi connectivity index (χ1n) is 6.32. The molecule has 112 valence electrons. The van der Waals surface area contributed by atoms with E-state index in [0.717, 1.165) is 35.5 Å². The zero-order valence-electron chi connectivity index (χ0n) is 11.3. The Morgan fingerprint density at radius 3 is 2.95 bits per heavy atom. The Bertz CT molecular complexity index is 606. The third-order valence-corrected chi connectivity index (χ3v) is 5.13. The SMILES string of the molecule is CCCSc1nsc(NC(=O)CSc2ccccc2F)n1. The van der Waals surface area contributed by atoms with Gasteiger partial charge in [0.15, 0.2) is 0 Å². The summed E-state index contributed by atoms with van der Waals surface area (Å²) in [5.74, 6) is 0.557. The summed E-state index contributed by atoms with van der Waals surface area (Å²) >= 11 is 3.88. The van der Waals surface area contributed by atoms with E-state index in [0.29, 0.717) is 15.2 Å². The van der Waals surface area contributed by atoms with E-state index in [1.54, 1.807) is 30.0 Å². The van der Waals surface area contributed by atoms with Gasteiger partial charge < -0.3 is 0 Å². The lowest BCUT2D eigenvalue weighted by Gasteiger charge is -2.02. The molecule has 2 aromatic rings. The van der Waals surface area contributed by atoms with Crippen LogP contribution in [0, 0.1) is 5.82 Å². The molecule has 0 saturated carbocycles. The molecule has 0 spiro atoms. The lowest BCUT2D eigenvalue weighted by molar-refractivity contribution is -0.113. The predicted molar refractivity (Wildman–Crippen MR) is 86.7 cm³/mol. The highest BCUT2D eigenvalue weighted by Crippen LogP contribution is 2.23. The normalized spacial score (nSPS) is 10.6. The number of carbonyl (C=O) groups is 1. The summed E-state index contributed by atoms with van der Waals surface area (Å²) in [6.07, 6.45) is 1.05. The van der Waals surface area contributed by atoms with Gasteiger partial charge in [-0.1, -0.05) is 30.8 Å². The minimum atomic E-state index is -0.315. The fraction of sp³-hybridized carbons (Fsp3) is 0.308. The monoisotopic (exact) mass is 343 g/mol. The van der Waals surface area contributed by atoms with Crippen LogP contribution < -0.4 is 5.32 Å². The van der Waals surface area contributed by atoms with Crippen LogP contribution in [-0.2, 0) is 4.79 Å². The van der Waals surface area contributed by atoms with Crippen molar-refractivity contribution in [3.8, 4) is 0 Å². The van der Waals surface area contributed by atoms with Crippen LogP contribution in [0.2, 0.25) is 0 Å². The second-order valence-corrected chi connectivity index (χ2v) is 6.83. The number of hydrogen-bond donors (Lipinski definition) is 1. The summed E-state index contributed by atoms with van der Waals surface area (Å²) in [4.78, 5) is 16.5. The van der Waals surface area contributed by atoms with E-state index in [1.165, 1.54) is 6.07 Å². The molecule has 8 heteroatoms. The van der Waals surface area contributed by atoms with Crippen molar-refractivity contribution in [3.05, 3.63) is 30.1 Å². The lowest BCUT2D eigenvalue weighted by Crippen LogP contribution is -2.13. The Labute approximate surface area is 135 Å². The Kier molecular flexibility index (Phi) is 6.47. The zero-order chi connectivity index (χ0) is 15.1. The van der Waals surface area contributed by atoms with Gasteiger partial charge in [-0.25, -0.2) is 4.39 Å². The van der Waals surface area contributed by atoms with E-state index in [2.05, 4.69) is 21.6 Å². The van der Waals surface area contributed by atoms with Gasteiger partial charge in [0, 0.05) is 22.2 Å². The Morgan fingerprint density at radius 2 is 2.19 bits per heavy atom. The van der Waals surface area contributed by atoms with Crippen LogP contribution in [0.3, 0.4) is 0 Å². The molecule has 0 aliphatic carbocycles. The number of nitrogens with zero attached hydrogens (tertiary/aromatic N) is 2.